The molecule has 166 valence electrons. The standard InChI is InChI=1S/C21H29NO7S/c1-4-8-28-18(24)13-26-10-11-27-15-6-7-16(17(23)12-15)19-22-21(3,14-30-19)20(25)29-9-5-2/h6-7,12,23H,4-5,8-11,13-14H2,1-3H3/t21-/m1/s1. The average Bonchev–Trinajstić information content (AvgIpc) is 3.13. The van der Waals surface area contributed by atoms with Crippen molar-refractivity contribution in [3.63, 3.8) is 0 Å². The first-order valence-corrected chi connectivity index (χ1v) is 11.0. The number of nitrogens with zero attached hydrogens (tertiary/aromatic N) is 1. The van der Waals surface area contributed by atoms with Crippen LogP contribution in [0, 0.1) is 0 Å². The van der Waals surface area contributed by atoms with Gasteiger partial charge in [-0.2, -0.15) is 0 Å². The van der Waals surface area contributed by atoms with E-state index in [0.29, 0.717) is 35.3 Å². The summed E-state index contributed by atoms with van der Waals surface area (Å²) in [7, 11) is 0. The van der Waals surface area contributed by atoms with Gasteiger partial charge in [0.15, 0.2) is 5.54 Å². The Morgan fingerprint density at radius 2 is 1.87 bits per heavy atom. The summed E-state index contributed by atoms with van der Waals surface area (Å²) < 4.78 is 20.9. The zero-order valence-corrected chi connectivity index (χ0v) is 18.5. The third kappa shape index (κ3) is 6.91. The number of hydrogen-bond donors (Lipinski definition) is 1. The van der Waals surface area contributed by atoms with Crippen LogP contribution in [0.4, 0.5) is 0 Å². The number of hydrogen-bond acceptors (Lipinski definition) is 9. The summed E-state index contributed by atoms with van der Waals surface area (Å²) in [5.41, 5.74) is -0.416. The van der Waals surface area contributed by atoms with E-state index in [4.69, 9.17) is 18.9 Å². The fourth-order valence-corrected chi connectivity index (χ4v) is 3.70. The molecule has 8 nitrogen and oxygen atoms in total. The highest BCUT2D eigenvalue weighted by molar-refractivity contribution is 8.14. The number of benzene rings is 1. The summed E-state index contributed by atoms with van der Waals surface area (Å²) in [6.07, 6.45) is 1.52. The third-order valence-electron chi connectivity index (χ3n) is 4.10. The van der Waals surface area contributed by atoms with Crippen molar-refractivity contribution in [2.24, 2.45) is 4.99 Å². The minimum absolute atomic E-state index is 0.00832. The molecule has 0 radical (unpaired) electrons. The van der Waals surface area contributed by atoms with Crippen LogP contribution in [0.1, 0.15) is 39.2 Å². The molecule has 0 unspecified atom stereocenters. The fourth-order valence-electron chi connectivity index (χ4n) is 2.50. The number of aliphatic imine (C=N–C) groups is 1. The van der Waals surface area contributed by atoms with Gasteiger partial charge in [0.05, 0.1) is 19.8 Å². The van der Waals surface area contributed by atoms with E-state index in [9.17, 15) is 14.7 Å². The number of carbonyl (C=O) groups excluding carboxylic acids is 2. The van der Waals surface area contributed by atoms with E-state index in [2.05, 4.69) is 4.99 Å². The lowest BCUT2D eigenvalue weighted by atomic mass is 10.1. The molecule has 1 heterocycles. The van der Waals surface area contributed by atoms with Gasteiger partial charge >= 0.3 is 11.9 Å². The van der Waals surface area contributed by atoms with Crippen molar-refractivity contribution in [2.45, 2.75) is 39.2 Å². The van der Waals surface area contributed by atoms with Crippen molar-refractivity contribution in [1.29, 1.82) is 0 Å². The molecule has 0 amide bonds. The van der Waals surface area contributed by atoms with E-state index >= 15 is 0 Å². The predicted octanol–water partition coefficient (Wildman–Crippen LogP) is 2.95. The molecule has 0 fully saturated rings. The first-order valence-electron chi connectivity index (χ1n) is 9.99. The lowest BCUT2D eigenvalue weighted by Crippen LogP contribution is -2.35. The fraction of sp³-hybridized carbons (Fsp3) is 0.571. The maximum absolute atomic E-state index is 12.2. The molecular weight excluding hydrogens is 410 g/mol. The molecule has 2 rings (SSSR count). The minimum atomic E-state index is -0.952. The molecule has 1 N–H and O–H groups in total. The minimum Gasteiger partial charge on any atom is -0.507 e. The van der Waals surface area contributed by atoms with Gasteiger partial charge in [0.1, 0.15) is 29.8 Å². The van der Waals surface area contributed by atoms with Crippen LogP contribution >= 0.6 is 11.8 Å². The number of phenols is 1. The second-order valence-corrected chi connectivity index (χ2v) is 7.88. The molecule has 1 aromatic rings. The highest BCUT2D eigenvalue weighted by Crippen LogP contribution is 2.36. The van der Waals surface area contributed by atoms with Crippen LogP contribution in [0.25, 0.3) is 0 Å². The van der Waals surface area contributed by atoms with E-state index in [0.717, 1.165) is 12.8 Å². The Hall–Kier alpha value is -2.26. The second-order valence-electron chi connectivity index (χ2n) is 6.92. The van der Waals surface area contributed by atoms with E-state index < -0.39 is 11.5 Å². The van der Waals surface area contributed by atoms with Gasteiger partial charge < -0.3 is 24.1 Å². The van der Waals surface area contributed by atoms with Gasteiger partial charge in [-0.1, -0.05) is 13.8 Å². The molecule has 0 aromatic heterocycles. The number of thioether (sulfide) groups is 1. The summed E-state index contributed by atoms with van der Waals surface area (Å²) in [5.74, 6) is 0.167. The van der Waals surface area contributed by atoms with Gasteiger partial charge in [-0.15, -0.1) is 11.8 Å². The molecule has 1 aliphatic rings. The SMILES string of the molecule is CCCOC(=O)COCCOc1ccc(C2=N[C@@](C)(C(=O)OCCC)CS2)c(O)c1. The van der Waals surface area contributed by atoms with Crippen LogP contribution in [-0.4, -0.2) is 66.4 Å². The van der Waals surface area contributed by atoms with Crippen molar-refractivity contribution >= 4 is 28.7 Å². The molecule has 0 aliphatic carbocycles. The Morgan fingerprint density at radius 3 is 2.57 bits per heavy atom. The van der Waals surface area contributed by atoms with E-state index in [-0.39, 0.29) is 31.5 Å². The molecule has 0 spiro atoms. The maximum atomic E-state index is 12.2. The second kappa shape index (κ2) is 11.8. The van der Waals surface area contributed by atoms with E-state index in [1.807, 2.05) is 13.8 Å². The number of aromatic hydroxyl groups is 1. The van der Waals surface area contributed by atoms with Crippen molar-refractivity contribution in [1.82, 2.24) is 0 Å². The third-order valence-corrected chi connectivity index (χ3v) is 5.39. The van der Waals surface area contributed by atoms with Crippen molar-refractivity contribution < 1.29 is 33.6 Å². The van der Waals surface area contributed by atoms with Crippen LogP contribution in [0.2, 0.25) is 0 Å². The number of carbonyl (C=O) groups is 2. The Morgan fingerprint density at radius 1 is 1.13 bits per heavy atom. The number of ether oxygens (including phenoxy) is 4. The van der Waals surface area contributed by atoms with Gasteiger partial charge in [0.25, 0.3) is 0 Å². The van der Waals surface area contributed by atoms with Crippen LogP contribution in [-0.2, 0) is 23.8 Å². The van der Waals surface area contributed by atoms with E-state index in [1.54, 1.807) is 19.1 Å². The smallest absolute Gasteiger partial charge is 0.334 e. The summed E-state index contributed by atoms with van der Waals surface area (Å²) in [6.45, 7) is 6.64. The van der Waals surface area contributed by atoms with Crippen molar-refractivity contribution in [2.75, 3.05) is 38.8 Å². The van der Waals surface area contributed by atoms with Crippen LogP contribution in [0.15, 0.2) is 23.2 Å². The van der Waals surface area contributed by atoms with Gasteiger partial charge in [-0.05, 0) is 31.9 Å². The zero-order valence-electron chi connectivity index (χ0n) is 17.6. The van der Waals surface area contributed by atoms with Gasteiger partial charge in [-0.3, -0.25) is 4.99 Å². The lowest BCUT2D eigenvalue weighted by Gasteiger charge is -2.17. The monoisotopic (exact) mass is 439 g/mol. The van der Waals surface area contributed by atoms with Crippen molar-refractivity contribution in [3.8, 4) is 11.5 Å². The quantitative estimate of drug-likeness (QED) is 0.392. The Bertz CT molecular complexity index is 768. The normalized spacial score (nSPS) is 18.0. The summed E-state index contributed by atoms with van der Waals surface area (Å²) in [6, 6.07) is 4.89. The Kier molecular flexibility index (Phi) is 9.45. The van der Waals surface area contributed by atoms with Gasteiger partial charge in [0, 0.05) is 17.4 Å². The highest BCUT2D eigenvalue weighted by Gasteiger charge is 2.40. The van der Waals surface area contributed by atoms with Crippen LogP contribution in [0.5, 0.6) is 11.5 Å². The number of phenolic OH excluding ortho intramolecular Hbond substituents is 1. The molecule has 9 heteroatoms. The topological polar surface area (TPSA) is 104 Å². The molecule has 0 saturated carbocycles. The van der Waals surface area contributed by atoms with Crippen molar-refractivity contribution in [3.05, 3.63) is 23.8 Å². The molecule has 0 bridgehead atoms. The predicted molar refractivity (Wildman–Crippen MR) is 114 cm³/mol. The maximum Gasteiger partial charge on any atom is 0.334 e. The summed E-state index contributed by atoms with van der Waals surface area (Å²) in [4.78, 5) is 28.1. The highest BCUT2D eigenvalue weighted by atomic mass is 32.2. The first kappa shape index (κ1) is 24.0. The van der Waals surface area contributed by atoms with Crippen LogP contribution < -0.4 is 4.74 Å². The Labute approximate surface area is 180 Å². The summed E-state index contributed by atoms with van der Waals surface area (Å²) >= 11 is 1.40. The summed E-state index contributed by atoms with van der Waals surface area (Å²) in [5, 5.41) is 11.0. The largest absolute Gasteiger partial charge is 0.507 e. The molecular formula is C21H29NO7S. The zero-order chi connectivity index (χ0) is 22.0. The first-order chi connectivity index (χ1) is 14.4. The Balaban J connectivity index is 1.86. The lowest BCUT2D eigenvalue weighted by molar-refractivity contribution is -0.149. The van der Waals surface area contributed by atoms with Gasteiger partial charge in [-0.25, -0.2) is 9.59 Å². The molecule has 1 aromatic carbocycles. The van der Waals surface area contributed by atoms with Gasteiger partial charge in [0.2, 0.25) is 0 Å². The molecule has 1 atom stereocenters. The molecule has 0 saturated heterocycles. The van der Waals surface area contributed by atoms with E-state index in [1.165, 1.54) is 17.8 Å². The average molecular weight is 440 g/mol. The molecule has 1 aliphatic heterocycles. The number of rotatable bonds is 12. The number of esters is 2. The van der Waals surface area contributed by atoms with Crippen LogP contribution in [0.3, 0.4) is 0 Å². The molecule has 30 heavy (non-hydrogen) atoms.